The van der Waals surface area contributed by atoms with Crippen LogP contribution in [0.2, 0.25) is 0 Å². The van der Waals surface area contributed by atoms with Crippen molar-refractivity contribution in [2.24, 2.45) is 7.05 Å². The average Bonchev–Trinajstić information content (AvgIpc) is 3.11. The van der Waals surface area contributed by atoms with Gasteiger partial charge < -0.3 is 11.1 Å². The summed E-state index contributed by atoms with van der Waals surface area (Å²) in [5.74, 6) is -0.0356. The Bertz CT molecular complexity index is 1130. The van der Waals surface area contributed by atoms with E-state index in [1.54, 1.807) is 21.5 Å². The Labute approximate surface area is 149 Å². The number of nitrogen functional groups attached to an aromatic ring is 1. The van der Waals surface area contributed by atoms with Gasteiger partial charge in [-0.25, -0.2) is 9.37 Å². The molecule has 0 spiro atoms. The van der Waals surface area contributed by atoms with Gasteiger partial charge >= 0.3 is 0 Å². The van der Waals surface area contributed by atoms with E-state index >= 15 is 0 Å². The minimum absolute atomic E-state index is 0.173. The van der Waals surface area contributed by atoms with Crippen LogP contribution in [0.25, 0.3) is 16.7 Å². The van der Waals surface area contributed by atoms with Crippen LogP contribution in [0.1, 0.15) is 11.3 Å². The quantitative estimate of drug-likeness (QED) is 0.553. The molecule has 7 nitrogen and oxygen atoms in total. The Morgan fingerprint density at radius 1 is 1.19 bits per heavy atom. The number of aryl methyl sites for hydroxylation is 2. The summed E-state index contributed by atoms with van der Waals surface area (Å²) in [7, 11) is 1.85. The lowest BCUT2D eigenvalue weighted by Crippen LogP contribution is -2.06. The minimum Gasteiger partial charge on any atom is -0.399 e. The van der Waals surface area contributed by atoms with E-state index in [-0.39, 0.29) is 5.82 Å². The number of nitrogens with one attached hydrogen (secondary N) is 1. The first kappa shape index (κ1) is 16.1. The van der Waals surface area contributed by atoms with E-state index in [1.165, 1.54) is 0 Å². The van der Waals surface area contributed by atoms with Crippen LogP contribution < -0.4 is 11.1 Å². The number of rotatable bonds is 3. The molecule has 0 amide bonds. The van der Waals surface area contributed by atoms with Gasteiger partial charge in [0.05, 0.1) is 29.3 Å². The first-order chi connectivity index (χ1) is 12.4. The molecule has 0 unspecified atom stereocenters. The van der Waals surface area contributed by atoms with E-state index in [4.69, 9.17) is 5.73 Å². The van der Waals surface area contributed by atoms with Gasteiger partial charge in [0.15, 0.2) is 11.6 Å². The lowest BCUT2D eigenvalue weighted by molar-refractivity contribution is 0.604. The van der Waals surface area contributed by atoms with E-state index in [2.05, 4.69) is 20.4 Å². The predicted octanol–water partition coefficient (Wildman–Crippen LogP) is 3.24. The van der Waals surface area contributed by atoms with E-state index < -0.39 is 5.82 Å². The number of nitrogens with two attached hydrogens (primary N) is 1. The Hall–Kier alpha value is -3.42. The maximum absolute atomic E-state index is 14.5. The highest BCUT2D eigenvalue weighted by molar-refractivity contribution is 5.87. The molecule has 3 N–H and O–H groups in total. The summed E-state index contributed by atoms with van der Waals surface area (Å²) in [6.45, 7) is 3.88. The molecule has 0 aliphatic rings. The Kier molecular flexibility index (Phi) is 3.61. The molecule has 8 heteroatoms. The first-order valence-corrected chi connectivity index (χ1v) is 8.10. The van der Waals surface area contributed by atoms with Crippen LogP contribution in [-0.4, -0.2) is 24.3 Å². The SMILES string of the molecule is Cc1cn(-c2nc(Nc3cnn(C)c3C)ncc2F)c2ccc(N)cc12. The average molecular weight is 351 g/mol. The number of nitrogens with zero attached hydrogens (tertiary/aromatic N) is 5. The maximum atomic E-state index is 14.5. The van der Waals surface area contributed by atoms with Gasteiger partial charge in [-0.2, -0.15) is 10.1 Å². The smallest absolute Gasteiger partial charge is 0.229 e. The van der Waals surface area contributed by atoms with Crippen LogP contribution in [0.4, 0.5) is 21.7 Å². The van der Waals surface area contributed by atoms with Crippen LogP contribution in [0.15, 0.2) is 36.8 Å². The summed E-state index contributed by atoms with van der Waals surface area (Å²) in [5.41, 5.74) is 10.1. The highest BCUT2D eigenvalue weighted by Crippen LogP contribution is 2.27. The number of fused-ring (bicyclic) bond motifs is 1. The van der Waals surface area contributed by atoms with Crippen molar-refractivity contribution in [1.29, 1.82) is 0 Å². The molecule has 3 heterocycles. The molecule has 0 saturated carbocycles. The molecule has 3 aromatic heterocycles. The molecule has 0 bridgehead atoms. The zero-order valence-electron chi connectivity index (χ0n) is 14.7. The number of anilines is 3. The van der Waals surface area contributed by atoms with E-state index in [1.807, 2.05) is 39.2 Å². The largest absolute Gasteiger partial charge is 0.399 e. The van der Waals surface area contributed by atoms with E-state index in [0.29, 0.717) is 11.6 Å². The standard InChI is InChI=1S/C18H18FN7/c1-10-9-26(16-5-4-12(20)6-13(10)16)17-14(19)7-21-18(24-17)23-15-8-22-25(3)11(15)2/h4-9H,20H2,1-3H3,(H,21,23,24). The Balaban J connectivity index is 1.81. The van der Waals surface area contributed by atoms with Crippen LogP contribution in [0, 0.1) is 19.7 Å². The molecule has 0 aliphatic heterocycles. The second-order valence-corrected chi connectivity index (χ2v) is 6.22. The van der Waals surface area contributed by atoms with Gasteiger partial charge in [-0.05, 0) is 37.6 Å². The molecule has 4 rings (SSSR count). The molecule has 26 heavy (non-hydrogen) atoms. The molecular formula is C18H18FN7. The fraction of sp³-hybridized carbons (Fsp3) is 0.167. The van der Waals surface area contributed by atoms with Crippen molar-refractivity contribution in [3.8, 4) is 5.82 Å². The molecular weight excluding hydrogens is 333 g/mol. The lowest BCUT2D eigenvalue weighted by atomic mass is 10.2. The van der Waals surface area contributed by atoms with Gasteiger partial charge in [-0.3, -0.25) is 9.25 Å². The van der Waals surface area contributed by atoms with Crippen LogP contribution in [-0.2, 0) is 7.05 Å². The van der Waals surface area contributed by atoms with Crippen molar-refractivity contribution in [1.82, 2.24) is 24.3 Å². The number of hydrogen-bond donors (Lipinski definition) is 2. The summed E-state index contributed by atoms with van der Waals surface area (Å²) < 4.78 is 17.9. The van der Waals surface area contributed by atoms with Crippen molar-refractivity contribution < 1.29 is 4.39 Å². The Morgan fingerprint density at radius 3 is 2.73 bits per heavy atom. The summed E-state index contributed by atoms with van der Waals surface area (Å²) in [6, 6.07) is 5.52. The number of hydrogen-bond acceptors (Lipinski definition) is 5. The van der Waals surface area contributed by atoms with Crippen molar-refractivity contribution in [2.45, 2.75) is 13.8 Å². The third-order valence-corrected chi connectivity index (χ3v) is 4.46. The molecule has 1 aromatic carbocycles. The molecule has 4 aromatic rings. The normalized spacial score (nSPS) is 11.2. The molecule has 132 valence electrons. The molecule has 0 atom stereocenters. The number of halogens is 1. The Morgan fingerprint density at radius 2 is 2.00 bits per heavy atom. The third-order valence-electron chi connectivity index (χ3n) is 4.46. The van der Waals surface area contributed by atoms with E-state index in [0.717, 1.165) is 34.0 Å². The van der Waals surface area contributed by atoms with Gasteiger partial charge in [0.1, 0.15) is 0 Å². The second-order valence-electron chi connectivity index (χ2n) is 6.22. The molecule has 0 aliphatic carbocycles. The van der Waals surface area contributed by atoms with Gasteiger partial charge in [-0.1, -0.05) is 0 Å². The monoisotopic (exact) mass is 351 g/mol. The summed E-state index contributed by atoms with van der Waals surface area (Å²) >= 11 is 0. The molecule has 0 radical (unpaired) electrons. The minimum atomic E-state index is -0.507. The highest BCUT2D eigenvalue weighted by Gasteiger charge is 2.15. The van der Waals surface area contributed by atoms with Gasteiger partial charge in [-0.15, -0.1) is 0 Å². The fourth-order valence-electron chi connectivity index (χ4n) is 2.92. The summed E-state index contributed by atoms with van der Waals surface area (Å²) in [5, 5.41) is 8.22. The first-order valence-electron chi connectivity index (χ1n) is 8.10. The van der Waals surface area contributed by atoms with Gasteiger partial charge in [0.25, 0.3) is 0 Å². The predicted molar refractivity (Wildman–Crippen MR) is 99.2 cm³/mol. The fourth-order valence-corrected chi connectivity index (χ4v) is 2.92. The van der Waals surface area contributed by atoms with Gasteiger partial charge in [0.2, 0.25) is 5.95 Å². The van der Waals surface area contributed by atoms with Crippen molar-refractivity contribution in [2.75, 3.05) is 11.1 Å². The van der Waals surface area contributed by atoms with Crippen molar-refractivity contribution >= 4 is 28.2 Å². The van der Waals surface area contributed by atoms with E-state index in [9.17, 15) is 4.39 Å². The topological polar surface area (TPSA) is 86.6 Å². The summed E-state index contributed by atoms with van der Waals surface area (Å²) in [6.07, 6.45) is 4.68. The number of aromatic nitrogens is 5. The molecule has 0 saturated heterocycles. The van der Waals surface area contributed by atoms with Crippen molar-refractivity contribution in [3.63, 3.8) is 0 Å². The number of benzene rings is 1. The zero-order chi connectivity index (χ0) is 18.4. The third kappa shape index (κ3) is 2.55. The lowest BCUT2D eigenvalue weighted by Gasteiger charge is -2.09. The van der Waals surface area contributed by atoms with Crippen LogP contribution in [0.3, 0.4) is 0 Å². The zero-order valence-corrected chi connectivity index (χ0v) is 14.7. The van der Waals surface area contributed by atoms with Crippen molar-refractivity contribution in [3.05, 3.63) is 53.9 Å². The second kappa shape index (κ2) is 5.83. The molecule has 0 fully saturated rings. The highest BCUT2D eigenvalue weighted by atomic mass is 19.1. The van der Waals surface area contributed by atoms with Crippen LogP contribution >= 0.6 is 0 Å². The maximum Gasteiger partial charge on any atom is 0.229 e. The van der Waals surface area contributed by atoms with Gasteiger partial charge in [0, 0.05) is 24.3 Å². The van der Waals surface area contributed by atoms with Crippen LogP contribution in [0.5, 0.6) is 0 Å². The summed E-state index contributed by atoms with van der Waals surface area (Å²) in [4.78, 5) is 8.42.